The van der Waals surface area contributed by atoms with Gasteiger partial charge in [0.2, 0.25) is 15.9 Å². The number of oxazole rings is 1. The van der Waals surface area contributed by atoms with E-state index >= 15 is 0 Å². The zero-order valence-corrected chi connectivity index (χ0v) is 24.3. The Morgan fingerprint density at radius 3 is 2.40 bits per heavy atom. The Hall–Kier alpha value is -5.23. The number of carbonyl (C=O) groups is 1. The van der Waals surface area contributed by atoms with Crippen molar-refractivity contribution in [2.45, 2.75) is 0 Å². The lowest BCUT2D eigenvalue weighted by Gasteiger charge is -2.21. The summed E-state index contributed by atoms with van der Waals surface area (Å²) in [5, 5.41) is 3.07. The average Bonchev–Trinajstić information content (AvgIpc) is 3.61. The third kappa shape index (κ3) is 4.95. The van der Waals surface area contributed by atoms with Crippen molar-refractivity contribution in [3.05, 3.63) is 84.3 Å². The molecular weight excluding hydrogens is 575 g/mol. The van der Waals surface area contributed by atoms with Gasteiger partial charge in [-0.1, -0.05) is 6.07 Å². The van der Waals surface area contributed by atoms with E-state index in [1.165, 1.54) is 45.5 Å². The molecule has 0 fully saturated rings. The SMILES string of the molecule is CNC(=O)c1c(-c2ccc(F)cc2)oc2cc(N(C)S(C)(=O)=O)c(-c3ccc(OC)c(-c4nc5ncccc5o4)c3)cc12. The number of anilines is 1. The number of methoxy groups -OCH3 is 1. The van der Waals surface area contributed by atoms with Crippen molar-refractivity contribution < 1.29 is 31.2 Å². The molecule has 10 nitrogen and oxygen atoms in total. The topological polar surface area (TPSA) is 128 Å². The number of nitrogens with zero attached hydrogens (tertiary/aromatic N) is 3. The summed E-state index contributed by atoms with van der Waals surface area (Å²) in [5.41, 5.74) is 3.76. The number of nitrogens with one attached hydrogen (secondary N) is 1. The molecule has 0 unspecified atom stereocenters. The number of fused-ring (bicyclic) bond motifs is 2. The van der Waals surface area contributed by atoms with Crippen LogP contribution in [0.25, 0.3) is 56.1 Å². The largest absolute Gasteiger partial charge is 0.496 e. The van der Waals surface area contributed by atoms with E-state index in [2.05, 4.69) is 15.3 Å². The molecule has 12 heteroatoms. The average molecular weight is 601 g/mol. The number of aromatic nitrogens is 2. The predicted octanol–water partition coefficient (Wildman–Crippen LogP) is 5.87. The summed E-state index contributed by atoms with van der Waals surface area (Å²) >= 11 is 0. The van der Waals surface area contributed by atoms with Crippen molar-refractivity contribution in [1.82, 2.24) is 15.3 Å². The van der Waals surface area contributed by atoms with Crippen LogP contribution in [0.5, 0.6) is 5.75 Å². The second-order valence-electron chi connectivity index (χ2n) is 9.75. The van der Waals surface area contributed by atoms with E-state index in [4.69, 9.17) is 13.6 Å². The van der Waals surface area contributed by atoms with Gasteiger partial charge < -0.3 is 18.9 Å². The van der Waals surface area contributed by atoms with Gasteiger partial charge in [-0.2, -0.15) is 4.98 Å². The Morgan fingerprint density at radius 2 is 1.72 bits per heavy atom. The predicted molar refractivity (Wildman–Crippen MR) is 161 cm³/mol. The van der Waals surface area contributed by atoms with Crippen LogP contribution < -0.4 is 14.4 Å². The zero-order valence-electron chi connectivity index (χ0n) is 23.5. The number of rotatable bonds is 7. The number of carbonyl (C=O) groups excluding carboxylic acids is 1. The van der Waals surface area contributed by atoms with Crippen LogP contribution in [0, 0.1) is 5.82 Å². The van der Waals surface area contributed by atoms with Crippen molar-refractivity contribution in [1.29, 1.82) is 0 Å². The quantitative estimate of drug-likeness (QED) is 0.241. The van der Waals surface area contributed by atoms with Gasteiger partial charge in [-0.05, 0) is 60.2 Å². The minimum atomic E-state index is -3.72. The van der Waals surface area contributed by atoms with Crippen LogP contribution >= 0.6 is 0 Å². The standard InChI is InChI=1S/C31H25FN4O6S/c1-33-30(37)27-21-15-20(18-9-12-24(40-3)22(14-18)31-35-29-25(42-31)6-5-13-34-29)23(36(2)43(4,38)39)16-26(21)41-28(27)17-7-10-19(32)11-8-17/h5-16H,1-4H3,(H,33,37). The maximum atomic E-state index is 13.7. The van der Waals surface area contributed by atoms with Gasteiger partial charge in [0.1, 0.15) is 22.9 Å². The summed E-state index contributed by atoms with van der Waals surface area (Å²) < 4.78 is 58.1. The lowest BCUT2D eigenvalue weighted by Crippen LogP contribution is -2.25. The molecule has 0 radical (unpaired) electrons. The summed E-state index contributed by atoms with van der Waals surface area (Å²) in [7, 11) is 0.723. The number of furan rings is 1. The molecule has 1 amide bonds. The van der Waals surface area contributed by atoms with Gasteiger partial charge >= 0.3 is 0 Å². The molecule has 6 rings (SSSR count). The van der Waals surface area contributed by atoms with E-state index in [0.717, 1.165) is 10.6 Å². The highest BCUT2D eigenvalue weighted by atomic mass is 32.2. The van der Waals surface area contributed by atoms with Crippen molar-refractivity contribution in [2.75, 3.05) is 31.8 Å². The summed E-state index contributed by atoms with van der Waals surface area (Å²) in [6.45, 7) is 0. The fraction of sp³-hybridized carbons (Fsp3) is 0.129. The Balaban J connectivity index is 1.64. The van der Waals surface area contributed by atoms with Gasteiger partial charge in [-0.25, -0.2) is 17.8 Å². The van der Waals surface area contributed by atoms with Crippen LogP contribution in [0.2, 0.25) is 0 Å². The lowest BCUT2D eigenvalue weighted by atomic mass is 9.97. The first-order valence-corrected chi connectivity index (χ1v) is 14.9. The normalized spacial score (nSPS) is 11.7. The van der Waals surface area contributed by atoms with Crippen LogP contribution in [0.15, 0.2) is 81.8 Å². The highest BCUT2D eigenvalue weighted by Crippen LogP contribution is 2.43. The van der Waals surface area contributed by atoms with E-state index in [-0.39, 0.29) is 22.8 Å². The van der Waals surface area contributed by atoms with Crippen molar-refractivity contribution in [2.24, 2.45) is 0 Å². The monoisotopic (exact) mass is 600 g/mol. The minimum absolute atomic E-state index is 0.217. The first-order valence-electron chi connectivity index (χ1n) is 13.0. The molecule has 43 heavy (non-hydrogen) atoms. The molecule has 0 saturated carbocycles. The van der Waals surface area contributed by atoms with Gasteiger partial charge in [0.25, 0.3) is 5.91 Å². The molecule has 3 aromatic heterocycles. The molecule has 3 heterocycles. The highest BCUT2D eigenvalue weighted by Gasteiger charge is 2.26. The van der Waals surface area contributed by atoms with Crippen LogP contribution in [-0.2, 0) is 10.0 Å². The molecule has 0 bridgehead atoms. The summed E-state index contributed by atoms with van der Waals surface area (Å²) in [5.74, 6) is 0.0871. The molecule has 0 aliphatic heterocycles. The second kappa shape index (κ2) is 10.6. The van der Waals surface area contributed by atoms with Gasteiger partial charge in [0, 0.05) is 42.9 Å². The minimum Gasteiger partial charge on any atom is -0.496 e. The molecule has 0 aliphatic rings. The molecule has 0 saturated heterocycles. The summed E-state index contributed by atoms with van der Waals surface area (Å²) in [6, 6.07) is 17.6. The van der Waals surface area contributed by atoms with E-state index in [9.17, 15) is 17.6 Å². The molecule has 0 spiro atoms. The van der Waals surface area contributed by atoms with Crippen LogP contribution in [-0.4, -0.2) is 51.8 Å². The van der Waals surface area contributed by atoms with Crippen LogP contribution in [0.3, 0.4) is 0 Å². The number of benzene rings is 3. The van der Waals surface area contributed by atoms with Crippen molar-refractivity contribution in [3.8, 4) is 39.7 Å². The Labute approximate surface area is 245 Å². The van der Waals surface area contributed by atoms with Crippen molar-refractivity contribution in [3.63, 3.8) is 0 Å². The smallest absolute Gasteiger partial charge is 0.255 e. The summed E-state index contributed by atoms with van der Waals surface area (Å²) in [6.07, 6.45) is 2.70. The van der Waals surface area contributed by atoms with Gasteiger partial charge in [-0.3, -0.25) is 9.10 Å². The number of halogens is 1. The zero-order chi connectivity index (χ0) is 30.5. The van der Waals surface area contributed by atoms with Gasteiger partial charge in [0.05, 0.1) is 30.2 Å². The van der Waals surface area contributed by atoms with Crippen LogP contribution in [0.1, 0.15) is 10.4 Å². The molecule has 1 N–H and O–H groups in total. The second-order valence-corrected chi connectivity index (χ2v) is 11.8. The first-order chi connectivity index (χ1) is 20.6. The van der Waals surface area contributed by atoms with E-state index < -0.39 is 21.7 Å². The summed E-state index contributed by atoms with van der Waals surface area (Å²) in [4.78, 5) is 21.9. The maximum Gasteiger partial charge on any atom is 0.255 e. The Kier molecular flexibility index (Phi) is 6.85. The fourth-order valence-corrected chi connectivity index (χ4v) is 5.39. The third-order valence-corrected chi connectivity index (χ3v) is 8.30. The molecule has 0 atom stereocenters. The Morgan fingerprint density at radius 1 is 0.977 bits per heavy atom. The third-order valence-electron chi connectivity index (χ3n) is 7.11. The lowest BCUT2D eigenvalue weighted by molar-refractivity contribution is 0.0964. The van der Waals surface area contributed by atoms with Crippen LogP contribution in [0.4, 0.5) is 10.1 Å². The molecule has 218 valence electrons. The number of hydrogen-bond donors (Lipinski definition) is 1. The molecular formula is C31H25FN4O6S. The van der Waals surface area contributed by atoms with E-state index in [0.29, 0.717) is 50.3 Å². The molecule has 6 aromatic rings. The van der Waals surface area contributed by atoms with Gasteiger partial charge in [0.15, 0.2) is 11.2 Å². The highest BCUT2D eigenvalue weighted by molar-refractivity contribution is 7.92. The number of pyridine rings is 1. The number of hydrogen-bond acceptors (Lipinski definition) is 8. The van der Waals surface area contributed by atoms with E-state index in [1.54, 1.807) is 48.7 Å². The fourth-order valence-electron chi connectivity index (χ4n) is 4.88. The molecule has 3 aromatic carbocycles. The van der Waals surface area contributed by atoms with Gasteiger partial charge in [-0.15, -0.1) is 0 Å². The number of ether oxygens (including phenoxy) is 1. The Bertz CT molecular complexity index is 2100. The van der Waals surface area contributed by atoms with E-state index in [1.807, 2.05) is 0 Å². The molecule has 0 aliphatic carbocycles. The number of amides is 1. The first kappa shape index (κ1) is 27.9. The maximum absolute atomic E-state index is 13.7. The van der Waals surface area contributed by atoms with Crippen molar-refractivity contribution >= 4 is 43.8 Å². The number of sulfonamides is 1.